The summed E-state index contributed by atoms with van der Waals surface area (Å²) in [6, 6.07) is 2.90. The molecule has 0 atom stereocenters. The Balaban J connectivity index is 0. The molecule has 0 unspecified atom stereocenters. The van der Waals surface area contributed by atoms with Crippen molar-refractivity contribution >= 4 is 16.5 Å². The van der Waals surface area contributed by atoms with Crippen LogP contribution in [0.5, 0.6) is 0 Å². The van der Waals surface area contributed by atoms with Gasteiger partial charge in [-0.15, -0.1) is 0 Å². The Morgan fingerprint density at radius 3 is 1.76 bits per heavy atom. The van der Waals surface area contributed by atoms with E-state index in [1.165, 1.54) is 12.1 Å². The van der Waals surface area contributed by atoms with Crippen molar-refractivity contribution in [3.05, 3.63) is 0 Å². The van der Waals surface area contributed by atoms with Crippen molar-refractivity contribution in [2.45, 2.75) is 73.3 Å². The largest absolute Gasteiger partial charge is 0.378 e. The van der Waals surface area contributed by atoms with Gasteiger partial charge in [0.05, 0.1) is 26.4 Å². The minimum absolute atomic E-state index is 0. The second-order valence-corrected chi connectivity index (χ2v) is 17.1. The topological polar surface area (TPSA) is 40.2 Å². The normalized spacial score (nSPS) is 18.8. The maximum Gasteiger partial charge on any atom is 0.180 e. The van der Waals surface area contributed by atoms with E-state index in [4.69, 9.17) is 18.9 Å². The molecule has 25 heavy (non-hydrogen) atoms. The minimum atomic E-state index is -1.16. The quantitative estimate of drug-likeness (QED) is 0.278. The van der Waals surface area contributed by atoms with Crippen molar-refractivity contribution in [2.75, 3.05) is 46.2 Å². The Morgan fingerprint density at radius 2 is 1.28 bits per heavy atom. The van der Waals surface area contributed by atoms with Crippen LogP contribution in [0.1, 0.15) is 28.7 Å². The third-order valence-electron chi connectivity index (χ3n) is 4.60. The monoisotopic (exact) mass is 395 g/mol. The van der Waals surface area contributed by atoms with Gasteiger partial charge in [-0.1, -0.05) is 41.0 Å². The molecule has 0 saturated carbocycles. The molecule has 0 aromatic rings. The van der Waals surface area contributed by atoms with Gasteiger partial charge in [0.2, 0.25) is 0 Å². The van der Waals surface area contributed by atoms with E-state index in [-0.39, 0.29) is 21.1 Å². The van der Waals surface area contributed by atoms with Gasteiger partial charge in [0.1, 0.15) is 16.5 Å². The zero-order chi connectivity index (χ0) is 17.3. The first-order chi connectivity index (χ1) is 10.8. The molecule has 1 fully saturated rings. The second-order valence-electron chi connectivity index (χ2n) is 7.30. The van der Waals surface area contributed by atoms with Crippen molar-refractivity contribution in [1.82, 2.24) is 4.23 Å². The average Bonchev–Trinajstić information content (AvgIpc) is 2.68. The fourth-order valence-corrected chi connectivity index (χ4v) is 17.4. The summed E-state index contributed by atoms with van der Waals surface area (Å²) in [4.78, 5) is 0. The van der Waals surface area contributed by atoms with E-state index in [1.54, 1.807) is 0 Å². The highest BCUT2D eigenvalue weighted by Gasteiger charge is 2.46. The molecule has 5 nitrogen and oxygen atoms in total. The maximum atomic E-state index is 5.78. The standard InChI is InChI=1S/C16H37NO4Si2.2CH4/c1-7-20-16(21-8-2)15-19-12-11-18-10-9-17-22(3,4)13-14-23(17,5)6;;/h16H,7-15H2,1-6H3;2*1H4. The lowest BCUT2D eigenvalue weighted by Crippen LogP contribution is -2.55. The van der Waals surface area contributed by atoms with E-state index < -0.39 is 16.5 Å². The Bertz CT molecular complexity index is 308. The third-order valence-corrected chi connectivity index (χ3v) is 15.0. The molecular weight excluding hydrogens is 350 g/mol. The van der Waals surface area contributed by atoms with E-state index in [2.05, 4.69) is 30.4 Å². The van der Waals surface area contributed by atoms with Gasteiger partial charge in [0.15, 0.2) is 6.29 Å². The molecule has 1 rings (SSSR count). The van der Waals surface area contributed by atoms with E-state index in [1.807, 2.05) is 13.8 Å². The predicted molar refractivity (Wildman–Crippen MR) is 113 cm³/mol. The first kappa shape index (κ1) is 27.5. The third kappa shape index (κ3) is 9.65. The number of hydrogen-bond acceptors (Lipinski definition) is 5. The van der Waals surface area contributed by atoms with Gasteiger partial charge < -0.3 is 23.2 Å². The number of rotatable bonds is 12. The fourth-order valence-electron chi connectivity index (χ4n) is 3.38. The molecule has 7 heteroatoms. The Labute approximate surface area is 159 Å². The highest BCUT2D eigenvalue weighted by molar-refractivity contribution is 6.95. The number of ether oxygens (including phenoxy) is 4. The van der Waals surface area contributed by atoms with Gasteiger partial charge in [-0.3, -0.25) is 0 Å². The average molecular weight is 396 g/mol. The molecule has 0 spiro atoms. The van der Waals surface area contributed by atoms with Crippen LogP contribution in [0.2, 0.25) is 38.3 Å². The zero-order valence-corrected chi connectivity index (χ0v) is 18.0. The van der Waals surface area contributed by atoms with Crippen molar-refractivity contribution < 1.29 is 18.9 Å². The zero-order valence-electron chi connectivity index (χ0n) is 16.0. The first-order valence-corrected chi connectivity index (χ1v) is 15.3. The molecule has 0 aromatic heterocycles. The Morgan fingerprint density at radius 1 is 0.800 bits per heavy atom. The lowest BCUT2D eigenvalue weighted by atomic mass is 10.6. The summed E-state index contributed by atoms with van der Waals surface area (Å²) in [6.45, 7) is 18.8. The van der Waals surface area contributed by atoms with E-state index in [0.29, 0.717) is 33.0 Å². The molecular formula is C18H45NO4Si2. The highest BCUT2D eigenvalue weighted by atomic mass is 28.4. The second kappa shape index (κ2) is 13.4. The lowest BCUT2D eigenvalue weighted by Gasteiger charge is -2.38. The van der Waals surface area contributed by atoms with Crippen molar-refractivity contribution in [1.29, 1.82) is 0 Å². The van der Waals surface area contributed by atoms with Crippen LogP contribution >= 0.6 is 0 Å². The van der Waals surface area contributed by atoms with Gasteiger partial charge in [-0.05, 0) is 25.9 Å². The van der Waals surface area contributed by atoms with Crippen molar-refractivity contribution in [2.24, 2.45) is 0 Å². The number of nitrogens with zero attached hydrogens (tertiary/aromatic N) is 1. The van der Waals surface area contributed by atoms with Crippen LogP contribution in [0.3, 0.4) is 0 Å². The molecule has 0 aliphatic carbocycles. The van der Waals surface area contributed by atoms with E-state index in [0.717, 1.165) is 13.2 Å². The molecule has 154 valence electrons. The van der Waals surface area contributed by atoms with Crippen LogP contribution < -0.4 is 0 Å². The molecule has 1 heterocycles. The van der Waals surface area contributed by atoms with Crippen LogP contribution in [-0.4, -0.2) is 73.2 Å². The van der Waals surface area contributed by atoms with Gasteiger partial charge >= 0.3 is 0 Å². The van der Waals surface area contributed by atoms with Crippen molar-refractivity contribution in [3.8, 4) is 0 Å². The van der Waals surface area contributed by atoms with Gasteiger partial charge in [-0.2, -0.15) is 0 Å². The summed E-state index contributed by atoms with van der Waals surface area (Å²) in [5.74, 6) is 0. The molecule has 1 aliphatic heterocycles. The molecule has 0 amide bonds. The van der Waals surface area contributed by atoms with Crippen LogP contribution in [0.25, 0.3) is 0 Å². The van der Waals surface area contributed by atoms with Crippen molar-refractivity contribution in [3.63, 3.8) is 0 Å². The molecule has 1 saturated heterocycles. The van der Waals surface area contributed by atoms with E-state index in [9.17, 15) is 0 Å². The Hall–Kier alpha value is 0.234. The van der Waals surface area contributed by atoms with Crippen LogP contribution in [-0.2, 0) is 18.9 Å². The smallest absolute Gasteiger partial charge is 0.180 e. The molecule has 0 bridgehead atoms. The Kier molecular flexibility index (Phi) is 14.7. The summed E-state index contributed by atoms with van der Waals surface area (Å²) in [6.07, 6.45) is -0.256. The molecule has 0 aromatic carbocycles. The first-order valence-electron chi connectivity index (χ1n) is 9.00. The highest BCUT2D eigenvalue weighted by Crippen LogP contribution is 2.36. The summed E-state index contributed by atoms with van der Waals surface area (Å²) in [5, 5.41) is 0. The summed E-state index contributed by atoms with van der Waals surface area (Å²) >= 11 is 0. The summed E-state index contributed by atoms with van der Waals surface area (Å²) < 4.78 is 25.1. The van der Waals surface area contributed by atoms with E-state index >= 15 is 0 Å². The van der Waals surface area contributed by atoms with Gasteiger partial charge in [0, 0.05) is 19.8 Å². The lowest BCUT2D eigenvalue weighted by molar-refractivity contribution is -0.169. The van der Waals surface area contributed by atoms with Gasteiger partial charge in [-0.25, -0.2) is 0 Å². The predicted octanol–water partition coefficient (Wildman–Crippen LogP) is 4.42. The van der Waals surface area contributed by atoms with Crippen LogP contribution in [0.4, 0.5) is 0 Å². The molecule has 0 N–H and O–H groups in total. The molecule has 0 radical (unpaired) electrons. The minimum Gasteiger partial charge on any atom is -0.378 e. The number of hydrogen-bond donors (Lipinski definition) is 0. The van der Waals surface area contributed by atoms with Gasteiger partial charge in [0.25, 0.3) is 0 Å². The SMILES string of the molecule is C.C.CCOC(COCCOCCN1[Si](C)(C)CC[Si]1(C)C)OCC. The summed E-state index contributed by atoms with van der Waals surface area (Å²) in [7, 11) is -2.33. The molecule has 1 aliphatic rings. The fraction of sp³-hybridized carbons (Fsp3) is 1.00. The van der Waals surface area contributed by atoms with Crippen LogP contribution in [0, 0.1) is 0 Å². The maximum absolute atomic E-state index is 5.78. The summed E-state index contributed by atoms with van der Waals surface area (Å²) in [5.41, 5.74) is 0. The van der Waals surface area contributed by atoms with Crippen LogP contribution in [0.15, 0.2) is 0 Å².